The van der Waals surface area contributed by atoms with E-state index in [4.69, 9.17) is 0 Å². The molecule has 1 amide bonds. The van der Waals surface area contributed by atoms with Crippen molar-refractivity contribution < 1.29 is 18.0 Å². The molecule has 0 saturated heterocycles. The van der Waals surface area contributed by atoms with E-state index in [1.807, 2.05) is 31.1 Å². The van der Waals surface area contributed by atoms with Crippen LogP contribution >= 0.6 is 11.3 Å². The van der Waals surface area contributed by atoms with Crippen LogP contribution < -0.4 is 5.32 Å². The van der Waals surface area contributed by atoms with Gasteiger partial charge in [-0.3, -0.25) is 9.69 Å². The number of carbonyl (C=O) groups is 1. The number of nitrogens with one attached hydrogen (secondary N) is 1. The summed E-state index contributed by atoms with van der Waals surface area (Å²) >= 11 is 1.38. The Hall–Kier alpha value is -1.93. The summed E-state index contributed by atoms with van der Waals surface area (Å²) in [7, 11) is 0. The molecule has 26 heavy (non-hydrogen) atoms. The van der Waals surface area contributed by atoms with Gasteiger partial charge in [0.25, 0.3) is 0 Å². The average molecular weight is 385 g/mol. The number of hydrogen-bond acceptors (Lipinski definition) is 4. The predicted molar refractivity (Wildman–Crippen MR) is 96.8 cm³/mol. The molecule has 0 aliphatic rings. The third-order valence-corrected chi connectivity index (χ3v) is 4.60. The Kier molecular flexibility index (Phi) is 6.77. The molecule has 0 radical (unpaired) electrons. The molecule has 0 unspecified atom stereocenters. The topological polar surface area (TPSA) is 45.2 Å². The van der Waals surface area contributed by atoms with E-state index in [0.717, 1.165) is 17.8 Å². The predicted octanol–water partition coefficient (Wildman–Crippen LogP) is 4.18. The van der Waals surface area contributed by atoms with Crippen LogP contribution in [0.5, 0.6) is 0 Å². The number of amides is 1. The van der Waals surface area contributed by atoms with Gasteiger partial charge >= 0.3 is 6.18 Å². The summed E-state index contributed by atoms with van der Waals surface area (Å²) in [5, 5.41) is 5.39. The number of alkyl halides is 3. The second kappa shape index (κ2) is 8.64. The van der Waals surface area contributed by atoms with Crippen molar-refractivity contribution in [3.8, 4) is 10.6 Å². The summed E-state index contributed by atoms with van der Waals surface area (Å²) in [6.45, 7) is 7.27. The highest BCUT2D eigenvalue weighted by Gasteiger charge is 2.30. The molecular formula is C18H22F3N3OS. The summed E-state index contributed by atoms with van der Waals surface area (Å²) in [5.41, 5.74) is 0.769. The number of rotatable bonds is 7. The molecule has 0 atom stereocenters. The van der Waals surface area contributed by atoms with Crippen LogP contribution in [0.2, 0.25) is 0 Å². The van der Waals surface area contributed by atoms with E-state index in [1.54, 1.807) is 0 Å². The first kappa shape index (κ1) is 20.4. The summed E-state index contributed by atoms with van der Waals surface area (Å²) in [4.78, 5) is 18.3. The lowest BCUT2D eigenvalue weighted by Gasteiger charge is -2.19. The maximum Gasteiger partial charge on any atom is 0.416 e. The number of hydrogen-bond donors (Lipinski definition) is 1. The summed E-state index contributed by atoms with van der Waals surface area (Å²) in [6, 6.07) is 5.07. The minimum atomic E-state index is -4.34. The first-order valence-electron chi connectivity index (χ1n) is 8.32. The van der Waals surface area contributed by atoms with Gasteiger partial charge in [0.1, 0.15) is 5.01 Å². The lowest BCUT2D eigenvalue weighted by Crippen LogP contribution is -2.39. The fraction of sp³-hybridized carbons (Fsp3) is 0.444. The molecule has 1 aromatic heterocycles. The monoisotopic (exact) mass is 385 g/mol. The third-order valence-electron chi connectivity index (χ3n) is 3.66. The van der Waals surface area contributed by atoms with E-state index in [0.29, 0.717) is 23.7 Å². The van der Waals surface area contributed by atoms with Crippen LogP contribution in [0.4, 0.5) is 13.2 Å². The first-order chi connectivity index (χ1) is 12.2. The second-order valence-corrected chi connectivity index (χ2v) is 7.10. The number of thiazole rings is 1. The van der Waals surface area contributed by atoms with Crippen LogP contribution in [0, 0.1) is 0 Å². The Balaban J connectivity index is 2.03. The fourth-order valence-electron chi connectivity index (χ4n) is 2.39. The van der Waals surface area contributed by atoms with Crippen molar-refractivity contribution in [1.29, 1.82) is 0 Å². The van der Waals surface area contributed by atoms with E-state index in [2.05, 4.69) is 10.3 Å². The van der Waals surface area contributed by atoms with E-state index < -0.39 is 11.7 Å². The van der Waals surface area contributed by atoms with Crippen LogP contribution in [-0.2, 0) is 17.5 Å². The van der Waals surface area contributed by atoms with E-state index >= 15 is 0 Å². The highest BCUT2D eigenvalue weighted by Crippen LogP contribution is 2.31. The number of nitrogens with zero attached hydrogens (tertiary/aromatic N) is 2. The smallest absolute Gasteiger partial charge is 0.353 e. The number of halogens is 3. The van der Waals surface area contributed by atoms with Gasteiger partial charge in [0.15, 0.2) is 0 Å². The molecule has 142 valence electrons. The maximum atomic E-state index is 12.6. The molecule has 1 N–H and O–H groups in total. The van der Waals surface area contributed by atoms with Gasteiger partial charge in [-0.25, -0.2) is 4.98 Å². The molecule has 8 heteroatoms. The molecule has 1 aromatic carbocycles. The summed E-state index contributed by atoms with van der Waals surface area (Å²) in [5.74, 6) is -0.0416. The summed E-state index contributed by atoms with van der Waals surface area (Å²) in [6.07, 6.45) is -4.34. The van der Waals surface area contributed by atoms with Crippen molar-refractivity contribution in [3.63, 3.8) is 0 Å². The quantitative estimate of drug-likeness (QED) is 0.778. The number of aromatic nitrogens is 1. The van der Waals surface area contributed by atoms with Gasteiger partial charge in [0, 0.05) is 23.5 Å². The van der Waals surface area contributed by atoms with Crippen LogP contribution in [-0.4, -0.2) is 34.9 Å². The van der Waals surface area contributed by atoms with Crippen molar-refractivity contribution in [2.45, 2.75) is 39.5 Å². The van der Waals surface area contributed by atoms with Gasteiger partial charge in [-0.05, 0) is 32.5 Å². The molecule has 2 aromatic rings. The molecular weight excluding hydrogens is 363 g/mol. The largest absolute Gasteiger partial charge is 0.416 e. The second-order valence-electron chi connectivity index (χ2n) is 6.24. The van der Waals surface area contributed by atoms with E-state index in [9.17, 15) is 18.0 Å². The molecule has 0 fully saturated rings. The van der Waals surface area contributed by atoms with E-state index in [-0.39, 0.29) is 18.5 Å². The standard InChI is InChI=1S/C18H22F3N3OS/c1-4-24(10-16(25)22-12(2)3)9-15-11-26-17(23-15)13-5-7-14(8-6-13)18(19,20)21/h5-8,11-12H,4,9-10H2,1-3H3,(H,22,25). The Labute approximate surface area is 155 Å². The highest BCUT2D eigenvalue weighted by molar-refractivity contribution is 7.13. The van der Waals surface area contributed by atoms with Gasteiger partial charge in [-0.2, -0.15) is 13.2 Å². The molecule has 0 aliphatic carbocycles. The molecule has 4 nitrogen and oxygen atoms in total. The molecule has 0 saturated carbocycles. The fourth-order valence-corrected chi connectivity index (χ4v) is 3.21. The summed E-state index contributed by atoms with van der Waals surface area (Å²) < 4.78 is 37.9. The first-order valence-corrected chi connectivity index (χ1v) is 9.20. The van der Waals surface area contributed by atoms with Crippen LogP contribution in [0.1, 0.15) is 32.0 Å². The van der Waals surface area contributed by atoms with Gasteiger partial charge in [0.05, 0.1) is 17.8 Å². The van der Waals surface area contributed by atoms with Crippen LogP contribution in [0.25, 0.3) is 10.6 Å². The third kappa shape index (κ3) is 5.81. The van der Waals surface area contributed by atoms with Gasteiger partial charge in [-0.1, -0.05) is 19.1 Å². The molecule has 0 spiro atoms. The molecule has 1 heterocycles. The minimum Gasteiger partial charge on any atom is -0.353 e. The Bertz CT molecular complexity index is 726. The lowest BCUT2D eigenvalue weighted by molar-refractivity contribution is -0.137. The Morgan fingerprint density at radius 2 is 1.92 bits per heavy atom. The minimum absolute atomic E-state index is 0.0416. The van der Waals surface area contributed by atoms with Crippen LogP contribution in [0.15, 0.2) is 29.6 Å². The SMILES string of the molecule is CCN(CC(=O)NC(C)C)Cc1csc(-c2ccc(C(F)(F)F)cc2)n1. The van der Waals surface area contributed by atoms with Crippen molar-refractivity contribution in [3.05, 3.63) is 40.9 Å². The number of carbonyl (C=O) groups excluding carboxylic acids is 1. The van der Waals surface area contributed by atoms with E-state index in [1.165, 1.54) is 23.5 Å². The van der Waals surface area contributed by atoms with Gasteiger partial charge < -0.3 is 5.32 Å². The zero-order chi connectivity index (χ0) is 19.3. The van der Waals surface area contributed by atoms with Crippen molar-refractivity contribution >= 4 is 17.2 Å². The molecule has 0 aliphatic heterocycles. The highest BCUT2D eigenvalue weighted by atomic mass is 32.1. The zero-order valence-corrected chi connectivity index (χ0v) is 15.7. The maximum absolute atomic E-state index is 12.6. The lowest BCUT2D eigenvalue weighted by atomic mass is 10.1. The average Bonchev–Trinajstić information content (AvgIpc) is 3.01. The number of likely N-dealkylation sites (N-methyl/N-ethyl adjacent to an activating group) is 1. The van der Waals surface area contributed by atoms with Gasteiger partial charge in [0.2, 0.25) is 5.91 Å². The van der Waals surface area contributed by atoms with Crippen molar-refractivity contribution in [2.75, 3.05) is 13.1 Å². The Morgan fingerprint density at radius 3 is 2.46 bits per heavy atom. The molecule has 0 bridgehead atoms. The normalized spacial score (nSPS) is 12.0. The molecule has 2 rings (SSSR count). The Morgan fingerprint density at radius 1 is 1.27 bits per heavy atom. The zero-order valence-electron chi connectivity index (χ0n) is 14.9. The van der Waals surface area contributed by atoms with Crippen molar-refractivity contribution in [2.24, 2.45) is 0 Å². The van der Waals surface area contributed by atoms with Gasteiger partial charge in [-0.15, -0.1) is 11.3 Å². The van der Waals surface area contributed by atoms with Crippen molar-refractivity contribution in [1.82, 2.24) is 15.2 Å². The number of benzene rings is 1. The van der Waals surface area contributed by atoms with Crippen LogP contribution in [0.3, 0.4) is 0 Å².